The van der Waals surface area contributed by atoms with E-state index >= 15 is 0 Å². The fourth-order valence-corrected chi connectivity index (χ4v) is 4.20. The van der Waals surface area contributed by atoms with Crippen molar-refractivity contribution in [2.75, 3.05) is 13.1 Å². The van der Waals surface area contributed by atoms with E-state index in [1.165, 1.54) is 4.31 Å². The lowest BCUT2D eigenvalue weighted by molar-refractivity contribution is -0.130. The maximum atomic E-state index is 12.6. The monoisotopic (exact) mass is 381 g/mol. The molecule has 1 aliphatic heterocycles. The summed E-state index contributed by atoms with van der Waals surface area (Å²) in [5.41, 5.74) is 5.60. The van der Waals surface area contributed by atoms with Gasteiger partial charge in [-0.15, -0.1) is 0 Å². The zero-order valence-corrected chi connectivity index (χ0v) is 16.1. The Morgan fingerprint density at radius 3 is 2.23 bits per heavy atom. The summed E-state index contributed by atoms with van der Waals surface area (Å²) >= 11 is 0. The molecule has 1 heterocycles. The molecular formula is C18H27N3O4S. The highest BCUT2D eigenvalue weighted by molar-refractivity contribution is 7.89. The Hall–Kier alpha value is -1.93. The Kier molecular flexibility index (Phi) is 7.16. The van der Waals surface area contributed by atoms with Gasteiger partial charge in [0, 0.05) is 25.4 Å². The summed E-state index contributed by atoms with van der Waals surface area (Å²) < 4.78 is 26.7. The zero-order valence-electron chi connectivity index (χ0n) is 15.3. The number of nitrogens with one attached hydrogen (secondary N) is 2. The third-order valence-corrected chi connectivity index (χ3v) is 6.28. The first-order valence-electron chi connectivity index (χ1n) is 8.98. The smallest absolute Gasteiger partial charge is 0.243 e. The number of amides is 2. The summed E-state index contributed by atoms with van der Waals surface area (Å²) in [7, 11) is -3.43. The number of aryl methyl sites for hydroxylation is 1. The lowest BCUT2D eigenvalue weighted by atomic mass is 10.1. The highest BCUT2D eigenvalue weighted by Crippen LogP contribution is 2.21. The first kappa shape index (κ1) is 20.4. The summed E-state index contributed by atoms with van der Waals surface area (Å²) in [6, 6.07) is 6.66. The summed E-state index contributed by atoms with van der Waals surface area (Å²) in [6.45, 7) is 4.63. The third-order valence-electron chi connectivity index (χ3n) is 4.37. The Balaban J connectivity index is 1.87. The molecule has 1 saturated heterocycles. The van der Waals surface area contributed by atoms with Crippen LogP contribution in [-0.4, -0.2) is 37.6 Å². The van der Waals surface area contributed by atoms with Gasteiger partial charge in [-0.1, -0.05) is 32.4 Å². The maximum Gasteiger partial charge on any atom is 0.243 e. The quantitative estimate of drug-likeness (QED) is 0.732. The predicted octanol–water partition coefficient (Wildman–Crippen LogP) is 1.60. The van der Waals surface area contributed by atoms with Crippen molar-refractivity contribution in [1.82, 2.24) is 15.2 Å². The highest BCUT2D eigenvalue weighted by atomic mass is 32.2. The van der Waals surface area contributed by atoms with Crippen LogP contribution in [0.25, 0.3) is 0 Å². The molecule has 0 radical (unpaired) electrons. The standard InChI is InChI=1S/C18H27N3O4S/c1-14(2)18(23)20-19-17(22)11-8-15-6-9-16(10-7-15)26(24,25)21-12-4-3-5-13-21/h6-7,9-10,14H,3-5,8,11-13H2,1-2H3,(H,19,22)(H,20,23). The molecule has 1 aliphatic rings. The van der Waals surface area contributed by atoms with Crippen molar-refractivity contribution in [1.29, 1.82) is 0 Å². The molecule has 0 aliphatic carbocycles. The zero-order chi connectivity index (χ0) is 19.2. The third kappa shape index (κ3) is 5.54. The van der Waals surface area contributed by atoms with Crippen molar-refractivity contribution in [3.05, 3.63) is 29.8 Å². The normalized spacial score (nSPS) is 15.7. The van der Waals surface area contributed by atoms with Crippen LogP contribution in [0.2, 0.25) is 0 Å². The fraction of sp³-hybridized carbons (Fsp3) is 0.556. The molecule has 1 aromatic carbocycles. The van der Waals surface area contributed by atoms with Gasteiger partial charge in [0.1, 0.15) is 0 Å². The van der Waals surface area contributed by atoms with Crippen LogP contribution in [0.15, 0.2) is 29.2 Å². The lowest BCUT2D eigenvalue weighted by Gasteiger charge is -2.25. The van der Waals surface area contributed by atoms with Crippen molar-refractivity contribution >= 4 is 21.8 Å². The molecule has 144 valence electrons. The number of piperidine rings is 1. The first-order chi connectivity index (χ1) is 12.3. The molecule has 0 bridgehead atoms. The molecule has 2 N–H and O–H groups in total. The SMILES string of the molecule is CC(C)C(=O)NNC(=O)CCc1ccc(S(=O)(=O)N2CCCCC2)cc1. The number of benzene rings is 1. The minimum absolute atomic E-state index is 0.204. The van der Waals surface area contributed by atoms with E-state index in [1.807, 2.05) is 0 Å². The molecule has 0 atom stereocenters. The molecule has 7 nitrogen and oxygen atoms in total. The summed E-state index contributed by atoms with van der Waals surface area (Å²) in [4.78, 5) is 23.4. The number of hydrazine groups is 1. The molecule has 0 spiro atoms. The van der Waals surface area contributed by atoms with Crippen molar-refractivity contribution < 1.29 is 18.0 Å². The Morgan fingerprint density at radius 1 is 1.04 bits per heavy atom. The van der Waals surface area contributed by atoms with Gasteiger partial charge in [0.2, 0.25) is 21.8 Å². The van der Waals surface area contributed by atoms with Crippen LogP contribution in [0.1, 0.15) is 45.1 Å². The Bertz CT molecular complexity index is 723. The van der Waals surface area contributed by atoms with Gasteiger partial charge in [-0.25, -0.2) is 8.42 Å². The second-order valence-electron chi connectivity index (χ2n) is 6.80. The van der Waals surface area contributed by atoms with Crippen molar-refractivity contribution in [3.8, 4) is 0 Å². The molecular weight excluding hydrogens is 354 g/mol. The number of hydrogen-bond donors (Lipinski definition) is 2. The average Bonchev–Trinajstić information content (AvgIpc) is 2.65. The Labute approximate surface area is 155 Å². The number of rotatable bonds is 6. The van der Waals surface area contributed by atoms with Crippen molar-refractivity contribution in [2.24, 2.45) is 5.92 Å². The highest BCUT2D eigenvalue weighted by Gasteiger charge is 2.25. The van der Waals surface area contributed by atoms with E-state index in [2.05, 4.69) is 10.9 Å². The van der Waals surface area contributed by atoms with E-state index in [4.69, 9.17) is 0 Å². The minimum Gasteiger partial charge on any atom is -0.273 e. The van der Waals surface area contributed by atoms with E-state index < -0.39 is 10.0 Å². The van der Waals surface area contributed by atoms with Crippen LogP contribution in [-0.2, 0) is 26.0 Å². The van der Waals surface area contributed by atoms with E-state index in [9.17, 15) is 18.0 Å². The number of sulfonamides is 1. The van der Waals surface area contributed by atoms with Crippen molar-refractivity contribution in [2.45, 2.75) is 50.8 Å². The van der Waals surface area contributed by atoms with Gasteiger partial charge in [-0.2, -0.15) is 4.31 Å². The molecule has 0 saturated carbocycles. The van der Waals surface area contributed by atoms with Crippen LogP contribution in [0.3, 0.4) is 0 Å². The molecule has 1 fully saturated rings. The molecule has 1 aromatic rings. The second-order valence-corrected chi connectivity index (χ2v) is 8.74. The number of nitrogens with zero attached hydrogens (tertiary/aromatic N) is 1. The molecule has 2 amide bonds. The van der Waals surface area contributed by atoms with Crippen molar-refractivity contribution in [3.63, 3.8) is 0 Å². The number of hydrogen-bond acceptors (Lipinski definition) is 4. The molecule has 8 heteroatoms. The largest absolute Gasteiger partial charge is 0.273 e. The van der Waals surface area contributed by atoms with Crippen LogP contribution < -0.4 is 10.9 Å². The summed E-state index contributed by atoms with van der Waals surface area (Å²) in [5, 5.41) is 0. The number of carbonyl (C=O) groups is 2. The van der Waals surface area contributed by atoms with Gasteiger partial charge >= 0.3 is 0 Å². The number of carbonyl (C=O) groups excluding carboxylic acids is 2. The maximum absolute atomic E-state index is 12.6. The van der Waals surface area contributed by atoms with Crippen LogP contribution in [0.5, 0.6) is 0 Å². The predicted molar refractivity (Wildman–Crippen MR) is 98.5 cm³/mol. The first-order valence-corrected chi connectivity index (χ1v) is 10.4. The van der Waals surface area contributed by atoms with Gasteiger partial charge < -0.3 is 0 Å². The minimum atomic E-state index is -3.43. The summed E-state index contributed by atoms with van der Waals surface area (Å²) in [6.07, 6.45) is 3.55. The van der Waals surface area contributed by atoms with Gasteiger partial charge in [0.05, 0.1) is 4.90 Å². The van der Waals surface area contributed by atoms with Gasteiger partial charge in [-0.05, 0) is 37.0 Å². The molecule has 0 aromatic heterocycles. The average molecular weight is 381 g/mol. The van der Waals surface area contributed by atoms with E-state index in [-0.39, 0.29) is 29.0 Å². The van der Waals surface area contributed by atoms with Crippen LogP contribution >= 0.6 is 0 Å². The molecule has 2 rings (SSSR count). The van der Waals surface area contributed by atoms with Gasteiger partial charge in [-0.3, -0.25) is 20.4 Å². The summed E-state index contributed by atoms with van der Waals surface area (Å²) in [5.74, 6) is -0.737. The topological polar surface area (TPSA) is 95.6 Å². The van der Waals surface area contributed by atoms with Gasteiger partial charge in [0.25, 0.3) is 0 Å². The fourth-order valence-electron chi connectivity index (χ4n) is 2.68. The van der Waals surface area contributed by atoms with Gasteiger partial charge in [0.15, 0.2) is 0 Å². The Morgan fingerprint density at radius 2 is 1.65 bits per heavy atom. The molecule has 26 heavy (non-hydrogen) atoms. The second kappa shape index (κ2) is 9.14. The van der Waals surface area contributed by atoms with E-state index in [1.54, 1.807) is 38.1 Å². The van der Waals surface area contributed by atoms with Crippen LogP contribution in [0, 0.1) is 5.92 Å². The van der Waals surface area contributed by atoms with E-state index in [0.717, 1.165) is 24.8 Å². The molecule has 0 unspecified atom stereocenters. The van der Waals surface area contributed by atoms with Crippen LogP contribution in [0.4, 0.5) is 0 Å². The van der Waals surface area contributed by atoms with E-state index in [0.29, 0.717) is 19.5 Å². The lowest BCUT2D eigenvalue weighted by Crippen LogP contribution is -2.43.